The van der Waals surface area contributed by atoms with Gasteiger partial charge in [0, 0.05) is 33.3 Å². The zero-order valence-corrected chi connectivity index (χ0v) is 15.0. The van der Waals surface area contributed by atoms with E-state index in [1.165, 1.54) is 12.8 Å². The van der Waals surface area contributed by atoms with Crippen molar-refractivity contribution in [2.75, 3.05) is 0 Å². The van der Waals surface area contributed by atoms with Crippen LogP contribution in [0.3, 0.4) is 0 Å². The van der Waals surface area contributed by atoms with Crippen molar-refractivity contribution in [1.29, 1.82) is 0 Å². The van der Waals surface area contributed by atoms with Crippen LogP contribution in [0.4, 0.5) is 0 Å². The van der Waals surface area contributed by atoms with E-state index in [4.69, 9.17) is 16.3 Å². The fraction of sp³-hybridized carbons (Fsp3) is 0.267. The first-order valence-electron chi connectivity index (χ1n) is 6.62. The Morgan fingerprint density at radius 2 is 2.05 bits per heavy atom. The van der Waals surface area contributed by atoms with E-state index in [9.17, 15) is 0 Å². The first-order valence-corrected chi connectivity index (χ1v) is 8.59. The number of pyridine rings is 1. The van der Waals surface area contributed by atoms with E-state index in [1.807, 2.05) is 18.2 Å². The lowest BCUT2D eigenvalue weighted by atomic mass is 10.2. The van der Waals surface area contributed by atoms with Crippen molar-refractivity contribution in [3.8, 4) is 11.6 Å². The van der Waals surface area contributed by atoms with Gasteiger partial charge in [0.2, 0.25) is 5.88 Å². The Balaban J connectivity index is 1.84. The lowest BCUT2D eigenvalue weighted by Crippen LogP contribution is -2.16. The van der Waals surface area contributed by atoms with Crippen LogP contribution in [0.15, 0.2) is 39.4 Å². The maximum Gasteiger partial charge on any atom is 0.223 e. The molecule has 3 nitrogen and oxygen atoms in total. The molecule has 0 saturated heterocycles. The SMILES string of the molecule is Clc1ccc(Br)cc1Oc1ncc(Br)cc1CNC1CC1. The quantitative estimate of drug-likeness (QED) is 0.696. The number of nitrogens with one attached hydrogen (secondary N) is 1. The Morgan fingerprint density at radius 1 is 1.24 bits per heavy atom. The molecule has 1 aromatic carbocycles. The van der Waals surface area contributed by atoms with Crippen LogP contribution in [0.5, 0.6) is 11.6 Å². The zero-order valence-electron chi connectivity index (χ0n) is 11.1. The number of aromatic nitrogens is 1. The van der Waals surface area contributed by atoms with Gasteiger partial charge in [0.1, 0.15) is 5.75 Å². The van der Waals surface area contributed by atoms with Crippen LogP contribution in [0, 0.1) is 0 Å². The van der Waals surface area contributed by atoms with E-state index < -0.39 is 0 Å². The van der Waals surface area contributed by atoms with Crippen LogP contribution in [-0.4, -0.2) is 11.0 Å². The van der Waals surface area contributed by atoms with Crippen LogP contribution in [0.2, 0.25) is 5.02 Å². The predicted octanol–water partition coefficient (Wildman–Crippen LogP) is 5.30. The molecule has 0 unspecified atom stereocenters. The third-order valence-corrected chi connectivity index (χ3v) is 4.39. The van der Waals surface area contributed by atoms with Gasteiger partial charge in [0.15, 0.2) is 0 Å². The smallest absolute Gasteiger partial charge is 0.223 e. The Bertz CT molecular complexity index is 662. The molecule has 0 bridgehead atoms. The van der Waals surface area contributed by atoms with Gasteiger partial charge in [-0.1, -0.05) is 27.5 Å². The molecule has 1 heterocycles. The van der Waals surface area contributed by atoms with E-state index in [2.05, 4.69) is 42.2 Å². The molecule has 1 aliphatic carbocycles. The maximum atomic E-state index is 6.17. The topological polar surface area (TPSA) is 34.1 Å². The number of nitrogens with zero attached hydrogens (tertiary/aromatic N) is 1. The first-order chi connectivity index (χ1) is 10.1. The highest BCUT2D eigenvalue weighted by Crippen LogP contribution is 2.33. The number of hydrogen-bond donors (Lipinski definition) is 1. The standard InChI is InChI=1S/C15H13Br2ClN2O/c16-10-1-4-13(18)14(6-10)21-15-9(5-11(17)8-20-15)7-19-12-2-3-12/h1,4-6,8,12,19H,2-3,7H2. The minimum atomic E-state index is 0.559. The second-order valence-corrected chi connectivity index (χ2v) is 7.19. The summed E-state index contributed by atoms with van der Waals surface area (Å²) in [6, 6.07) is 8.15. The molecular weight excluding hydrogens is 419 g/mol. The monoisotopic (exact) mass is 430 g/mol. The van der Waals surface area contributed by atoms with Crippen molar-refractivity contribution in [2.24, 2.45) is 0 Å². The van der Waals surface area contributed by atoms with Crippen molar-refractivity contribution in [3.05, 3.63) is 50.0 Å². The molecule has 1 aliphatic rings. The zero-order chi connectivity index (χ0) is 14.8. The van der Waals surface area contributed by atoms with Gasteiger partial charge < -0.3 is 10.1 Å². The summed E-state index contributed by atoms with van der Waals surface area (Å²) in [6.45, 7) is 0.734. The summed E-state index contributed by atoms with van der Waals surface area (Å²) in [7, 11) is 0. The Labute approximate surface area is 145 Å². The van der Waals surface area contributed by atoms with Crippen molar-refractivity contribution in [2.45, 2.75) is 25.4 Å². The number of hydrogen-bond acceptors (Lipinski definition) is 3. The molecular formula is C15H13Br2ClN2O. The summed E-state index contributed by atoms with van der Waals surface area (Å²) < 4.78 is 7.74. The van der Waals surface area contributed by atoms with E-state index in [-0.39, 0.29) is 0 Å². The summed E-state index contributed by atoms with van der Waals surface area (Å²) in [5, 5.41) is 4.03. The third kappa shape index (κ3) is 4.19. The molecule has 21 heavy (non-hydrogen) atoms. The molecule has 6 heteroatoms. The third-order valence-electron chi connectivity index (χ3n) is 3.15. The molecule has 0 atom stereocenters. The fourth-order valence-electron chi connectivity index (χ4n) is 1.89. The van der Waals surface area contributed by atoms with Crippen molar-refractivity contribution in [3.63, 3.8) is 0 Å². The van der Waals surface area contributed by atoms with Gasteiger partial charge in [-0.25, -0.2) is 4.98 Å². The minimum Gasteiger partial charge on any atom is -0.437 e. The summed E-state index contributed by atoms with van der Waals surface area (Å²) >= 11 is 13.0. The normalized spacial score (nSPS) is 14.2. The van der Waals surface area contributed by atoms with Crippen molar-refractivity contribution >= 4 is 43.5 Å². The highest BCUT2D eigenvalue weighted by molar-refractivity contribution is 9.10. The van der Waals surface area contributed by atoms with Crippen LogP contribution in [-0.2, 0) is 6.54 Å². The summed E-state index contributed by atoms with van der Waals surface area (Å²) in [5.74, 6) is 1.17. The van der Waals surface area contributed by atoms with Gasteiger partial charge in [0.05, 0.1) is 5.02 Å². The average Bonchev–Trinajstić information content (AvgIpc) is 3.27. The molecule has 110 valence electrons. The highest BCUT2D eigenvalue weighted by Gasteiger charge is 2.21. The van der Waals surface area contributed by atoms with Crippen molar-refractivity contribution in [1.82, 2.24) is 10.3 Å². The Morgan fingerprint density at radius 3 is 2.81 bits per heavy atom. The van der Waals surface area contributed by atoms with E-state index in [0.29, 0.717) is 22.7 Å². The largest absolute Gasteiger partial charge is 0.437 e. The second kappa shape index (κ2) is 6.65. The lowest BCUT2D eigenvalue weighted by molar-refractivity contribution is 0.452. The first kappa shape index (κ1) is 15.3. The molecule has 1 N–H and O–H groups in total. The van der Waals surface area contributed by atoms with E-state index >= 15 is 0 Å². The van der Waals surface area contributed by atoms with E-state index in [0.717, 1.165) is 21.1 Å². The summed E-state index contributed by atoms with van der Waals surface area (Å²) in [4.78, 5) is 4.36. The van der Waals surface area contributed by atoms with Crippen molar-refractivity contribution < 1.29 is 4.74 Å². The predicted molar refractivity (Wildman–Crippen MR) is 91.0 cm³/mol. The van der Waals surface area contributed by atoms with Gasteiger partial charge >= 0.3 is 0 Å². The van der Waals surface area contributed by atoms with Gasteiger partial charge in [-0.05, 0) is 53.0 Å². The lowest BCUT2D eigenvalue weighted by Gasteiger charge is -2.12. The molecule has 1 saturated carbocycles. The summed E-state index contributed by atoms with van der Waals surface area (Å²) in [6.07, 6.45) is 4.21. The molecule has 3 rings (SSSR count). The van der Waals surface area contributed by atoms with E-state index in [1.54, 1.807) is 12.3 Å². The number of rotatable bonds is 5. The number of ether oxygens (including phenoxy) is 1. The minimum absolute atomic E-state index is 0.559. The average molecular weight is 433 g/mol. The van der Waals surface area contributed by atoms with Gasteiger partial charge in [-0.3, -0.25) is 0 Å². The van der Waals surface area contributed by atoms with Gasteiger partial charge in [-0.2, -0.15) is 0 Å². The molecule has 1 aromatic heterocycles. The second-order valence-electron chi connectivity index (χ2n) is 4.95. The van der Waals surface area contributed by atoms with Gasteiger partial charge in [-0.15, -0.1) is 0 Å². The molecule has 2 aromatic rings. The molecule has 0 aliphatic heterocycles. The number of benzene rings is 1. The van der Waals surface area contributed by atoms with Crippen LogP contribution < -0.4 is 10.1 Å². The molecule has 0 amide bonds. The number of halogens is 3. The highest BCUT2D eigenvalue weighted by atomic mass is 79.9. The van der Waals surface area contributed by atoms with Crippen LogP contribution in [0.1, 0.15) is 18.4 Å². The van der Waals surface area contributed by atoms with Crippen LogP contribution in [0.25, 0.3) is 0 Å². The van der Waals surface area contributed by atoms with Gasteiger partial charge in [0.25, 0.3) is 0 Å². The Hall–Kier alpha value is -0.620. The maximum absolute atomic E-state index is 6.17. The van der Waals surface area contributed by atoms with Crippen LogP contribution >= 0.6 is 43.5 Å². The molecule has 0 spiro atoms. The summed E-state index contributed by atoms with van der Waals surface area (Å²) in [5.41, 5.74) is 1.01. The fourth-order valence-corrected chi connectivity index (χ4v) is 2.76. The molecule has 1 fully saturated rings. The molecule has 0 radical (unpaired) electrons. The Kier molecular flexibility index (Phi) is 4.84.